The molecule has 4 rings (SSSR count). The van der Waals surface area contributed by atoms with Crippen molar-refractivity contribution in [3.63, 3.8) is 0 Å². The fraction of sp³-hybridized carbons (Fsp3) is 0.143. The Morgan fingerprint density at radius 1 is 1.04 bits per heavy atom. The summed E-state index contributed by atoms with van der Waals surface area (Å²) in [6, 6.07) is 19.5. The Bertz CT molecular complexity index is 1110. The van der Waals surface area contributed by atoms with E-state index in [0.717, 1.165) is 29.9 Å². The molecule has 0 bridgehead atoms. The van der Waals surface area contributed by atoms with Gasteiger partial charge in [-0.1, -0.05) is 54.1 Å². The maximum absolute atomic E-state index is 12.4. The number of halogens is 1. The Kier molecular flexibility index (Phi) is 4.35. The Labute approximate surface area is 156 Å². The summed E-state index contributed by atoms with van der Waals surface area (Å²) in [5.74, 6) is 0.663. The van der Waals surface area contributed by atoms with Crippen LogP contribution < -0.4 is 5.56 Å². The van der Waals surface area contributed by atoms with E-state index in [4.69, 9.17) is 16.6 Å². The lowest BCUT2D eigenvalue weighted by Gasteiger charge is -2.12. The molecule has 0 aliphatic carbocycles. The number of hydrogen-bond donors (Lipinski definition) is 0. The van der Waals surface area contributed by atoms with Crippen LogP contribution in [0, 0.1) is 6.92 Å². The second-order valence-electron chi connectivity index (χ2n) is 6.31. The smallest absolute Gasteiger partial charge is 0.259 e. The van der Waals surface area contributed by atoms with Crippen molar-refractivity contribution in [1.29, 1.82) is 0 Å². The quantitative estimate of drug-likeness (QED) is 0.540. The van der Waals surface area contributed by atoms with Gasteiger partial charge in [0.2, 0.25) is 5.78 Å². The van der Waals surface area contributed by atoms with Gasteiger partial charge in [0.25, 0.3) is 5.56 Å². The van der Waals surface area contributed by atoms with Crippen LogP contribution in [0.1, 0.15) is 11.3 Å². The summed E-state index contributed by atoms with van der Waals surface area (Å²) < 4.78 is 3.70. The molecule has 0 aliphatic rings. The second kappa shape index (κ2) is 6.81. The molecule has 2 aromatic carbocycles. The van der Waals surface area contributed by atoms with E-state index >= 15 is 0 Å². The molecule has 26 heavy (non-hydrogen) atoms. The molecule has 0 aliphatic heterocycles. The zero-order valence-corrected chi connectivity index (χ0v) is 15.1. The monoisotopic (exact) mass is 363 g/mol. The van der Waals surface area contributed by atoms with Gasteiger partial charge in [0.15, 0.2) is 0 Å². The van der Waals surface area contributed by atoms with Crippen molar-refractivity contribution in [2.75, 3.05) is 0 Å². The van der Waals surface area contributed by atoms with Crippen molar-refractivity contribution in [3.8, 4) is 11.3 Å². The van der Waals surface area contributed by atoms with Crippen LogP contribution in [0.3, 0.4) is 0 Å². The predicted octanol–water partition coefficient (Wildman–Crippen LogP) is 4.37. The minimum atomic E-state index is -0.0684. The van der Waals surface area contributed by atoms with Crippen LogP contribution in [0.4, 0.5) is 0 Å². The molecule has 0 amide bonds. The van der Waals surface area contributed by atoms with Gasteiger partial charge in [-0.15, -0.1) is 0 Å². The summed E-state index contributed by atoms with van der Waals surface area (Å²) in [4.78, 5) is 17.1. The first-order valence-corrected chi connectivity index (χ1v) is 8.89. The van der Waals surface area contributed by atoms with E-state index in [2.05, 4.69) is 16.7 Å². The molecule has 5 heteroatoms. The third kappa shape index (κ3) is 3.16. The molecule has 4 aromatic rings. The van der Waals surface area contributed by atoms with Gasteiger partial charge in [-0.25, -0.2) is 4.98 Å². The minimum absolute atomic E-state index is 0.0684. The lowest BCUT2D eigenvalue weighted by atomic mass is 10.1. The Hall–Kier alpha value is -2.85. The number of benzene rings is 2. The second-order valence-corrected chi connectivity index (χ2v) is 6.75. The lowest BCUT2D eigenvalue weighted by molar-refractivity contribution is 0.669. The number of fused-ring (bicyclic) bond motifs is 1. The van der Waals surface area contributed by atoms with Gasteiger partial charge in [-0.2, -0.15) is 0 Å². The van der Waals surface area contributed by atoms with Crippen LogP contribution in [0.2, 0.25) is 5.02 Å². The molecule has 0 saturated heterocycles. The van der Waals surface area contributed by atoms with Crippen molar-refractivity contribution in [1.82, 2.24) is 14.0 Å². The van der Waals surface area contributed by atoms with Gasteiger partial charge >= 0.3 is 0 Å². The molecule has 0 radical (unpaired) electrons. The fourth-order valence-electron chi connectivity index (χ4n) is 3.13. The molecule has 0 atom stereocenters. The van der Waals surface area contributed by atoms with Crippen LogP contribution in [-0.4, -0.2) is 14.0 Å². The van der Waals surface area contributed by atoms with E-state index in [0.29, 0.717) is 10.8 Å². The summed E-state index contributed by atoms with van der Waals surface area (Å²) in [7, 11) is 0. The van der Waals surface area contributed by atoms with Gasteiger partial charge in [0, 0.05) is 35.1 Å². The van der Waals surface area contributed by atoms with E-state index in [1.54, 1.807) is 16.7 Å². The maximum atomic E-state index is 12.4. The molecule has 2 heterocycles. The van der Waals surface area contributed by atoms with Crippen LogP contribution in [-0.2, 0) is 13.0 Å². The zero-order chi connectivity index (χ0) is 18.1. The zero-order valence-electron chi connectivity index (χ0n) is 14.4. The molecule has 130 valence electrons. The van der Waals surface area contributed by atoms with Crippen molar-refractivity contribution in [2.45, 2.75) is 19.9 Å². The van der Waals surface area contributed by atoms with Crippen LogP contribution in [0.25, 0.3) is 17.0 Å². The molecule has 0 N–H and O–H groups in total. The molecule has 2 aromatic heterocycles. The number of aromatic nitrogens is 3. The van der Waals surface area contributed by atoms with Crippen molar-refractivity contribution in [3.05, 3.63) is 93.5 Å². The number of imidazole rings is 1. The highest BCUT2D eigenvalue weighted by atomic mass is 35.5. The number of hydrogen-bond acceptors (Lipinski definition) is 2. The van der Waals surface area contributed by atoms with E-state index < -0.39 is 0 Å². The van der Waals surface area contributed by atoms with Gasteiger partial charge < -0.3 is 4.57 Å². The summed E-state index contributed by atoms with van der Waals surface area (Å²) in [6.07, 6.45) is 2.67. The Morgan fingerprint density at radius 3 is 2.50 bits per heavy atom. The first-order valence-electron chi connectivity index (χ1n) is 8.51. The summed E-state index contributed by atoms with van der Waals surface area (Å²) in [5.41, 5.74) is 3.80. The average molecular weight is 364 g/mol. The van der Waals surface area contributed by atoms with Crippen LogP contribution >= 0.6 is 11.6 Å². The highest BCUT2D eigenvalue weighted by Gasteiger charge is 2.12. The third-order valence-corrected chi connectivity index (χ3v) is 4.78. The maximum Gasteiger partial charge on any atom is 0.259 e. The third-order valence-electron chi connectivity index (χ3n) is 4.53. The van der Waals surface area contributed by atoms with Crippen LogP contribution in [0.15, 0.2) is 71.7 Å². The van der Waals surface area contributed by atoms with E-state index in [1.807, 2.05) is 49.4 Å². The number of nitrogens with zero attached hydrogens (tertiary/aromatic N) is 3. The molecule has 0 spiro atoms. The number of aryl methyl sites for hydroxylation is 3. The highest BCUT2D eigenvalue weighted by Crippen LogP contribution is 2.21. The van der Waals surface area contributed by atoms with Crippen LogP contribution in [0.5, 0.6) is 0 Å². The van der Waals surface area contributed by atoms with E-state index in [1.165, 1.54) is 5.56 Å². The first kappa shape index (κ1) is 16.6. The standard InChI is InChI=1S/C21H18ClN3O/c1-15-13-20(26)25-14-19(17-7-9-18(22)10-8-17)23-21(25)24(15)12-11-16-5-3-2-4-6-16/h2-10,13-14H,11-12H2,1H3. The molecule has 0 fully saturated rings. The Morgan fingerprint density at radius 2 is 1.77 bits per heavy atom. The molecule has 0 saturated carbocycles. The summed E-state index contributed by atoms with van der Waals surface area (Å²) in [6.45, 7) is 2.71. The Balaban J connectivity index is 1.77. The lowest BCUT2D eigenvalue weighted by Crippen LogP contribution is -2.19. The average Bonchev–Trinajstić information content (AvgIpc) is 3.09. The highest BCUT2D eigenvalue weighted by molar-refractivity contribution is 6.30. The normalized spacial score (nSPS) is 11.2. The topological polar surface area (TPSA) is 39.3 Å². The molecule has 4 nitrogen and oxygen atoms in total. The molecular formula is C21H18ClN3O. The largest absolute Gasteiger partial charge is 0.315 e. The predicted molar refractivity (Wildman–Crippen MR) is 105 cm³/mol. The van der Waals surface area contributed by atoms with Gasteiger partial charge in [0.05, 0.1) is 5.69 Å². The minimum Gasteiger partial charge on any atom is -0.315 e. The van der Waals surface area contributed by atoms with Gasteiger partial charge in [-0.05, 0) is 31.0 Å². The first-order chi connectivity index (χ1) is 12.6. The van der Waals surface area contributed by atoms with Crippen molar-refractivity contribution < 1.29 is 0 Å². The van der Waals surface area contributed by atoms with E-state index in [9.17, 15) is 4.79 Å². The van der Waals surface area contributed by atoms with Crippen molar-refractivity contribution >= 4 is 17.4 Å². The summed E-state index contributed by atoms with van der Waals surface area (Å²) in [5, 5.41) is 0.677. The van der Waals surface area contributed by atoms with Crippen molar-refractivity contribution in [2.24, 2.45) is 0 Å². The fourth-order valence-corrected chi connectivity index (χ4v) is 3.25. The SMILES string of the molecule is Cc1cc(=O)n2cc(-c3ccc(Cl)cc3)nc2n1CCc1ccccc1. The van der Waals surface area contributed by atoms with Gasteiger partial charge in [0.1, 0.15) is 0 Å². The summed E-state index contributed by atoms with van der Waals surface area (Å²) >= 11 is 5.97. The molecule has 0 unspecified atom stereocenters. The van der Waals surface area contributed by atoms with E-state index in [-0.39, 0.29) is 5.56 Å². The number of rotatable bonds is 4. The molecular weight excluding hydrogens is 346 g/mol. The van der Waals surface area contributed by atoms with Gasteiger partial charge in [-0.3, -0.25) is 9.20 Å².